The number of hydrogen-bond donors (Lipinski definition) is 2. The molecule has 10 nitrogen and oxygen atoms in total. The summed E-state index contributed by atoms with van der Waals surface area (Å²) in [6.45, 7) is 15.5. The van der Waals surface area contributed by atoms with Crippen LogP contribution in [-0.2, 0) is 12.1 Å². The molecule has 0 radical (unpaired) electrons. The smallest absolute Gasteiger partial charge is 0.229 e. The predicted octanol–water partition coefficient (Wildman–Crippen LogP) is 3.96. The summed E-state index contributed by atoms with van der Waals surface area (Å²) in [7, 11) is 0. The summed E-state index contributed by atoms with van der Waals surface area (Å²) >= 11 is 0. The molecule has 2 N–H and O–H groups in total. The minimum absolute atomic E-state index is 0.238. The van der Waals surface area contributed by atoms with Crippen LogP contribution >= 0.6 is 0 Å². The van der Waals surface area contributed by atoms with Crippen LogP contribution in [0.25, 0.3) is 16.9 Å². The first-order chi connectivity index (χ1) is 18.2. The number of benzene rings is 1. The molecular formula is C28H39N9O. The third-order valence-corrected chi connectivity index (χ3v) is 7.06. The van der Waals surface area contributed by atoms with Gasteiger partial charge in [-0.25, -0.2) is 9.67 Å². The molecule has 0 unspecified atom stereocenters. The van der Waals surface area contributed by atoms with Gasteiger partial charge < -0.3 is 19.9 Å². The molecule has 1 saturated heterocycles. The third kappa shape index (κ3) is 5.37. The van der Waals surface area contributed by atoms with Crippen molar-refractivity contribution in [2.24, 2.45) is 0 Å². The summed E-state index contributed by atoms with van der Waals surface area (Å²) in [5, 5.41) is 18.5. The number of hydrogen-bond acceptors (Lipinski definition) is 8. The first-order valence-electron chi connectivity index (χ1n) is 13.6. The number of piperazine rings is 1. The Labute approximate surface area is 224 Å². The van der Waals surface area contributed by atoms with Crippen molar-refractivity contribution in [2.75, 3.05) is 42.9 Å². The van der Waals surface area contributed by atoms with Gasteiger partial charge >= 0.3 is 0 Å². The molecule has 0 amide bonds. The zero-order valence-corrected chi connectivity index (χ0v) is 23.1. The molecule has 0 atom stereocenters. The number of rotatable bonds is 9. The standard InChI is InChI=1S/C28H39N9O/c1-6-12-34-14-16-35(17-15-34)27-31-25(24-26(32-27)36(19-30-24)20(2)3)29-18-21-9-7-8-10-22(21)37-13-11-23(33-37)28(4,5)38/h7-11,13,19-20,38H,6,12,14-18H2,1-5H3,(H,29,31,32). The fraction of sp³-hybridized carbons (Fsp3) is 0.500. The van der Waals surface area contributed by atoms with Gasteiger partial charge in [-0.3, -0.25) is 4.90 Å². The molecule has 0 saturated carbocycles. The molecule has 0 bridgehead atoms. The first-order valence-corrected chi connectivity index (χ1v) is 13.6. The van der Waals surface area contributed by atoms with Gasteiger partial charge in [-0.05, 0) is 58.4 Å². The zero-order chi connectivity index (χ0) is 26.9. The average Bonchev–Trinajstić information content (AvgIpc) is 3.56. The quantitative estimate of drug-likeness (QED) is 0.344. The average molecular weight is 518 g/mol. The second-order valence-electron chi connectivity index (χ2n) is 10.8. The van der Waals surface area contributed by atoms with E-state index in [1.807, 2.05) is 41.5 Å². The van der Waals surface area contributed by atoms with E-state index in [1.165, 1.54) is 6.42 Å². The Morgan fingerprint density at radius 1 is 1.05 bits per heavy atom. The largest absolute Gasteiger partial charge is 0.384 e. The Morgan fingerprint density at radius 2 is 1.82 bits per heavy atom. The van der Waals surface area contributed by atoms with E-state index >= 15 is 0 Å². The lowest BCUT2D eigenvalue weighted by Gasteiger charge is -2.34. The summed E-state index contributed by atoms with van der Waals surface area (Å²) in [6, 6.07) is 10.2. The molecule has 1 fully saturated rings. The van der Waals surface area contributed by atoms with Gasteiger partial charge in [0.1, 0.15) is 5.60 Å². The number of nitrogens with one attached hydrogen (secondary N) is 1. The number of para-hydroxylation sites is 1. The molecule has 1 aliphatic heterocycles. The minimum Gasteiger partial charge on any atom is -0.384 e. The summed E-state index contributed by atoms with van der Waals surface area (Å²) in [5.74, 6) is 1.47. The molecule has 0 spiro atoms. The van der Waals surface area contributed by atoms with Crippen LogP contribution in [-0.4, -0.2) is 72.0 Å². The number of aromatic nitrogens is 6. The van der Waals surface area contributed by atoms with Crippen LogP contribution in [0.15, 0.2) is 42.9 Å². The van der Waals surface area contributed by atoms with Crippen molar-refractivity contribution >= 4 is 22.9 Å². The monoisotopic (exact) mass is 517 g/mol. The molecule has 38 heavy (non-hydrogen) atoms. The summed E-state index contributed by atoms with van der Waals surface area (Å²) in [6.07, 6.45) is 4.91. The number of nitrogens with zero attached hydrogens (tertiary/aromatic N) is 8. The van der Waals surface area contributed by atoms with Crippen LogP contribution in [0.3, 0.4) is 0 Å². The molecule has 1 aromatic carbocycles. The van der Waals surface area contributed by atoms with Crippen molar-refractivity contribution in [3.8, 4) is 5.69 Å². The Morgan fingerprint density at radius 3 is 2.50 bits per heavy atom. The Bertz CT molecular complexity index is 1380. The number of fused-ring (bicyclic) bond motifs is 1. The Balaban J connectivity index is 1.44. The van der Waals surface area contributed by atoms with Crippen LogP contribution in [0.1, 0.15) is 58.3 Å². The predicted molar refractivity (Wildman–Crippen MR) is 151 cm³/mol. The van der Waals surface area contributed by atoms with Gasteiger partial charge in [0, 0.05) is 45.0 Å². The normalized spacial score (nSPS) is 15.1. The summed E-state index contributed by atoms with van der Waals surface area (Å²) in [4.78, 5) is 19.4. The number of anilines is 2. The second-order valence-corrected chi connectivity index (χ2v) is 10.8. The van der Waals surface area contributed by atoms with Crippen molar-refractivity contribution in [1.82, 2.24) is 34.2 Å². The van der Waals surface area contributed by atoms with Gasteiger partial charge in [-0.15, -0.1) is 0 Å². The van der Waals surface area contributed by atoms with E-state index in [2.05, 4.69) is 56.6 Å². The van der Waals surface area contributed by atoms with E-state index < -0.39 is 5.60 Å². The molecule has 0 aliphatic carbocycles. The van der Waals surface area contributed by atoms with E-state index in [0.717, 1.165) is 66.9 Å². The van der Waals surface area contributed by atoms with Gasteiger partial charge in [0.15, 0.2) is 17.0 Å². The number of imidazole rings is 1. The Hall–Kier alpha value is -3.50. The van der Waals surface area contributed by atoms with Crippen LogP contribution in [0.2, 0.25) is 0 Å². The highest BCUT2D eigenvalue weighted by molar-refractivity contribution is 5.84. The van der Waals surface area contributed by atoms with Gasteiger partial charge in [-0.1, -0.05) is 25.1 Å². The molecular weight excluding hydrogens is 478 g/mol. The van der Waals surface area contributed by atoms with Gasteiger partial charge in [0.2, 0.25) is 5.95 Å². The molecule has 1 aliphatic rings. The second kappa shape index (κ2) is 10.7. The van der Waals surface area contributed by atoms with E-state index in [1.54, 1.807) is 13.8 Å². The fourth-order valence-corrected chi connectivity index (χ4v) is 4.88. The Kier molecular flexibility index (Phi) is 7.36. The highest BCUT2D eigenvalue weighted by Gasteiger charge is 2.23. The van der Waals surface area contributed by atoms with Crippen molar-refractivity contribution in [1.29, 1.82) is 0 Å². The molecule has 4 heterocycles. The van der Waals surface area contributed by atoms with Crippen LogP contribution < -0.4 is 10.2 Å². The molecule has 202 valence electrons. The first kappa shape index (κ1) is 26.1. The highest BCUT2D eigenvalue weighted by Crippen LogP contribution is 2.27. The topological polar surface area (TPSA) is 100 Å². The van der Waals surface area contributed by atoms with Gasteiger partial charge in [0.05, 0.1) is 17.7 Å². The zero-order valence-electron chi connectivity index (χ0n) is 23.1. The maximum Gasteiger partial charge on any atom is 0.229 e. The molecule has 5 rings (SSSR count). The van der Waals surface area contributed by atoms with Crippen molar-refractivity contribution in [2.45, 2.75) is 59.2 Å². The van der Waals surface area contributed by atoms with E-state index in [9.17, 15) is 5.11 Å². The van der Waals surface area contributed by atoms with Crippen LogP contribution in [0, 0.1) is 0 Å². The lowest BCUT2D eigenvalue weighted by Crippen LogP contribution is -2.47. The third-order valence-electron chi connectivity index (χ3n) is 7.06. The number of aliphatic hydroxyl groups is 1. The van der Waals surface area contributed by atoms with Crippen LogP contribution in [0.4, 0.5) is 11.8 Å². The lowest BCUT2D eigenvalue weighted by atomic mass is 10.1. The lowest BCUT2D eigenvalue weighted by molar-refractivity contribution is 0.0734. The van der Waals surface area contributed by atoms with Gasteiger partial charge in [-0.2, -0.15) is 15.1 Å². The van der Waals surface area contributed by atoms with Crippen molar-refractivity contribution in [3.63, 3.8) is 0 Å². The fourth-order valence-electron chi connectivity index (χ4n) is 4.88. The molecule has 10 heteroatoms. The maximum atomic E-state index is 10.4. The van der Waals surface area contributed by atoms with E-state index in [0.29, 0.717) is 12.2 Å². The van der Waals surface area contributed by atoms with Crippen molar-refractivity contribution < 1.29 is 5.11 Å². The minimum atomic E-state index is -1.00. The maximum absolute atomic E-state index is 10.4. The SMILES string of the molecule is CCCN1CCN(c2nc(NCc3ccccc3-n3ccc(C(C)(C)O)n3)c3ncn(C(C)C)c3n2)CC1. The molecule has 3 aromatic heterocycles. The highest BCUT2D eigenvalue weighted by atomic mass is 16.3. The van der Waals surface area contributed by atoms with E-state index in [4.69, 9.17) is 9.97 Å². The van der Waals surface area contributed by atoms with Crippen LogP contribution in [0.5, 0.6) is 0 Å². The molecule has 4 aromatic rings. The summed E-state index contributed by atoms with van der Waals surface area (Å²) < 4.78 is 3.92. The summed E-state index contributed by atoms with van der Waals surface area (Å²) in [5.41, 5.74) is 3.24. The van der Waals surface area contributed by atoms with Gasteiger partial charge in [0.25, 0.3) is 0 Å². The van der Waals surface area contributed by atoms with E-state index in [-0.39, 0.29) is 6.04 Å². The van der Waals surface area contributed by atoms with Crippen molar-refractivity contribution in [3.05, 3.63) is 54.1 Å².